The van der Waals surface area contributed by atoms with E-state index >= 15 is 0 Å². The molecule has 2 amide bonds. The second-order valence-corrected chi connectivity index (χ2v) is 5.68. The van der Waals surface area contributed by atoms with E-state index < -0.39 is 5.97 Å². The van der Waals surface area contributed by atoms with Gasteiger partial charge in [0.2, 0.25) is 11.8 Å². The van der Waals surface area contributed by atoms with Crippen LogP contribution in [0, 0.1) is 11.8 Å². The molecule has 98 valence electrons. The van der Waals surface area contributed by atoms with Crippen LogP contribution >= 0.6 is 15.9 Å². The minimum Gasteiger partial charge on any atom is -0.478 e. The Labute approximate surface area is 117 Å². The molecule has 6 heteroatoms. The van der Waals surface area contributed by atoms with Gasteiger partial charge in [-0.3, -0.25) is 14.5 Å². The average Bonchev–Trinajstić information content (AvgIpc) is 3.11. The van der Waals surface area contributed by atoms with E-state index in [4.69, 9.17) is 5.11 Å². The van der Waals surface area contributed by atoms with Crippen molar-refractivity contribution in [2.45, 2.75) is 13.0 Å². The van der Waals surface area contributed by atoms with Gasteiger partial charge in [0.1, 0.15) is 0 Å². The number of carbonyl (C=O) groups is 3. The van der Waals surface area contributed by atoms with Gasteiger partial charge in [0, 0.05) is 4.47 Å². The van der Waals surface area contributed by atoms with E-state index in [1.165, 1.54) is 17.0 Å². The van der Waals surface area contributed by atoms with Crippen LogP contribution in [0.2, 0.25) is 0 Å². The number of fused-ring (bicyclic) bond motifs is 1. The van der Waals surface area contributed by atoms with Gasteiger partial charge in [0.25, 0.3) is 0 Å². The number of rotatable bonds is 3. The number of imide groups is 1. The maximum Gasteiger partial charge on any atom is 0.335 e. The normalized spacial score (nSPS) is 24.6. The molecule has 1 saturated carbocycles. The number of nitrogens with zero attached hydrogens (tertiary/aromatic N) is 1. The average molecular weight is 324 g/mol. The van der Waals surface area contributed by atoms with Gasteiger partial charge in [-0.2, -0.15) is 0 Å². The highest BCUT2D eigenvalue weighted by molar-refractivity contribution is 9.10. The van der Waals surface area contributed by atoms with Gasteiger partial charge < -0.3 is 5.11 Å². The molecule has 2 atom stereocenters. The molecule has 0 aromatic heterocycles. The fourth-order valence-electron chi connectivity index (χ4n) is 2.38. The summed E-state index contributed by atoms with van der Waals surface area (Å²) in [6.45, 7) is 0.200. The first-order valence-electron chi connectivity index (χ1n) is 5.86. The lowest BCUT2D eigenvalue weighted by molar-refractivity contribution is -0.142. The van der Waals surface area contributed by atoms with Crippen molar-refractivity contribution >= 4 is 33.7 Å². The summed E-state index contributed by atoms with van der Waals surface area (Å²) < 4.78 is 0.591. The predicted molar refractivity (Wildman–Crippen MR) is 68.3 cm³/mol. The van der Waals surface area contributed by atoms with Gasteiger partial charge in [-0.1, -0.05) is 22.0 Å². The van der Waals surface area contributed by atoms with Crippen LogP contribution in [-0.2, 0) is 16.1 Å². The number of amides is 2. The molecule has 1 aliphatic carbocycles. The van der Waals surface area contributed by atoms with Gasteiger partial charge in [-0.15, -0.1) is 0 Å². The van der Waals surface area contributed by atoms with Crippen LogP contribution in [0.3, 0.4) is 0 Å². The summed E-state index contributed by atoms with van der Waals surface area (Å²) in [5, 5.41) is 8.87. The molecule has 19 heavy (non-hydrogen) atoms. The molecule has 1 aliphatic heterocycles. The van der Waals surface area contributed by atoms with E-state index in [-0.39, 0.29) is 35.8 Å². The van der Waals surface area contributed by atoms with Crippen molar-refractivity contribution in [1.29, 1.82) is 0 Å². The number of aromatic carboxylic acids is 1. The van der Waals surface area contributed by atoms with E-state index in [1.807, 2.05) is 0 Å². The first-order valence-corrected chi connectivity index (χ1v) is 6.65. The van der Waals surface area contributed by atoms with Crippen LogP contribution in [0.4, 0.5) is 0 Å². The fourth-order valence-corrected chi connectivity index (χ4v) is 2.89. The Hall–Kier alpha value is -1.69. The van der Waals surface area contributed by atoms with Crippen molar-refractivity contribution in [2.75, 3.05) is 0 Å². The molecule has 2 fully saturated rings. The summed E-state index contributed by atoms with van der Waals surface area (Å²) in [5.74, 6) is -1.44. The molecule has 0 bridgehead atoms. The van der Waals surface area contributed by atoms with Crippen molar-refractivity contribution in [3.8, 4) is 0 Å². The zero-order valence-electron chi connectivity index (χ0n) is 9.80. The number of carbonyl (C=O) groups excluding carboxylic acids is 2. The number of halogens is 1. The van der Waals surface area contributed by atoms with E-state index in [1.54, 1.807) is 6.07 Å². The van der Waals surface area contributed by atoms with Crippen LogP contribution in [0.25, 0.3) is 0 Å². The highest BCUT2D eigenvalue weighted by Gasteiger charge is 2.58. The Morgan fingerprint density at radius 3 is 2.47 bits per heavy atom. The van der Waals surface area contributed by atoms with Gasteiger partial charge in [0.15, 0.2) is 0 Å². The van der Waals surface area contributed by atoms with Crippen molar-refractivity contribution in [2.24, 2.45) is 11.8 Å². The third-order valence-corrected chi connectivity index (χ3v) is 4.32. The second-order valence-electron chi connectivity index (χ2n) is 4.82. The number of hydrogen-bond acceptors (Lipinski definition) is 3. The molecule has 2 unspecified atom stereocenters. The quantitative estimate of drug-likeness (QED) is 0.858. The maximum atomic E-state index is 11.8. The van der Waals surface area contributed by atoms with Gasteiger partial charge in [-0.25, -0.2) is 4.79 Å². The molecule has 0 radical (unpaired) electrons. The first-order chi connectivity index (χ1) is 8.99. The van der Waals surface area contributed by atoms with Crippen molar-refractivity contribution in [1.82, 2.24) is 4.90 Å². The molecule has 1 saturated heterocycles. The molecule has 0 spiro atoms. The van der Waals surface area contributed by atoms with Crippen LogP contribution in [0.15, 0.2) is 22.7 Å². The number of piperidine rings is 1. The first kappa shape index (κ1) is 12.3. The smallest absolute Gasteiger partial charge is 0.335 e. The molecule has 1 N–H and O–H groups in total. The third-order valence-electron chi connectivity index (χ3n) is 3.59. The van der Waals surface area contributed by atoms with E-state index in [0.29, 0.717) is 10.9 Å². The van der Waals surface area contributed by atoms with Crippen LogP contribution in [0.5, 0.6) is 0 Å². The molecule has 3 rings (SSSR count). The predicted octanol–water partition coefficient (Wildman–Crippen LogP) is 1.65. The molecule has 1 aromatic rings. The van der Waals surface area contributed by atoms with Crippen LogP contribution in [-0.4, -0.2) is 27.8 Å². The van der Waals surface area contributed by atoms with Crippen molar-refractivity contribution in [3.63, 3.8) is 0 Å². The lowest BCUT2D eigenvalue weighted by atomic mass is 10.1. The lowest BCUT2D eigenvalue weighted by Crippen LogP contribution is -2.32. The Morgan fingerprint density at radius 1 is 1.32 bits per heavy atom. The van der Waals surface area contributed by atoms with Gasteiger partial charge in [0.05, 0.1) is 23.9 Å². The summed E-state index contributed by atoms with van der Waals surface area (Å²) in [4.78, 5) is 35.8. The molecule has 5 nitrogen and oxygen atoms in total. The number of benzene rings is 1. The Morgan fingerprint density at radius 2 is 1.95 bits per heavy atom. The SMILES string of the molecule is O=C(O)c1ccc(CN2C(=O)C3CC3C2=O)c(Br)c1. The van der Waals surface area contributed by atoms with Gasteiger partial charge in [-0.05, 0) is 24.1 Å². The highest BCUT2D eigenvalue weighted by Crippen LogP contribution is 2.47. The highest BCUT2D eigenvalue weighted by atomic mass is 79.9. The Kier molecular flexibility index (Phi) is 2.70. The summed E-state index contributed by atoms with van der Waals surface area (Å²) in [6.07, 6.45) is 0.688. The van der Waals surface area contributed by atoms with E-state index in [0.717, 1.165) is 5.56 Å². The number of likely N-dealkylation sites (tertiary alicyclic amines) is 1. The summed E-state index contributed by atoms with van der Waals surface area (Å²) in [5.41, 5.74) is 0.894. The second kappa shape index (κ2) is 4.16. The minimum absolute atomic E-state index is 0.107. The Balaban J connectivity index is 1.82. The summed E-state index contributed by atoms with van der Waals surface area (Å²) >= 11 is 3.28. The molecular formula is C13H10BrNO4. The van der Waals surface area contributed by atoms with Crippen LogP contribution < -0.4 is 0 Å². The fraction of sp³-hybridized carbons (Fsp3) is 0.308. The van der Waals surface area contributed by atoms with Gasteiger partial charge >= 0.3 is 5.97 Å². The Bertz CT molecular complexity index is 593. The third kappa shape index (κ3) is 1.96. The largest absolute Gasteiger partial charge is 0.478 e. The summed E-state index contributed by atoms with van der Waals surface area (Å²) in [6, 6.07) is 4.57. The number of carboxylic acids is 1. The lowest BCUT2D eigenvalue weighted by Gasteiger charge is -2.17. The van der Waals surface area contributed by atoms with E-state index in [9.17, 15) is 14.4 Å². The molecule has 2 aliphatic rings. The topological polar surface area (TPSA) is 74.7 Å². The van der Waals surface area contributed by atoms with Crippen molar-refractivity contribution in [3.05, 3.63) is 33.8 Å². The standard InChI is InChI=1S/C13H10BrNO4/c14-10-3-6(13(18)19)1-2-7(10)5-15-11(16)8-4-9(8)12(15)17/h1-3,8-9H,4-5H2,(H,18,19). The molecular weight excluding hydrogens is 314 g/mol. The van der Waals surface area contributed by atoms with E-state index in [2.05, 4.69) is 15.9 Å². The number of hydrogen-bond donors (Lipinski definition) is 1. The summed E-state index contributed by atoms with van der Waals surface area (Å²) in [7, 11) is 0. The zero-order valence-corrected chi connectivity index (χ0v) is 11.4. The van der Waals surface area contributed by atoms with Crippen LogP contribution in [0.1, 0.15) is 22.3 Å². The number of carboxylic acid groups (broad SMARTS) is 1. The van der Waals surface area contributed by atoms with Crippen molar-refractivity contribution < 1.29 is 19.5 Å². The maximum absolute atomic E-state index is 11.8. The zero-order chi connectivity index (χ0) is 13.7. The molecule has 1 aromatic carbocycles. The monoisotopic (exact) mass is 323 g/mol. The molecule has 1 heterocycles. The minimum atomic E-state index is -1.01.